The monoisotopic (exact) mass is 386 g/mol. The lowest BCUT2D eigenvalue weighted by Gasteiger charge is -2.30. The minimum atomic E-state index is -3.53. The van der Waals surface area contributed by atoms with Crippen molar-refractivity contribution in [2.75, 3.05) is 18.4 Å². The summed E-state index contributed by atoms with van der Waals surface area (Å²) in [5, 5.41) is 11.7. The molecule has 24 heavy (non-hydrogen) atoms. The van der Waals surface area contributed by atoms with E-state index in [0.717, 1.165) is 9.88 Å². The van der Waals surface area contributed by atoms with Crippen LogP contribution in [-0.4, -0.2) is 41.9 Å². The van der Waals surface area contributed by atoms with Gasteiger partial charge in [0, 0.05) is 18.0 Å². The number of hydrogen-bond donors (Lipinski definition) is 1. The van der Waals surface area contributed by atoms with Crippen LogP contribution in [-0.2, 0) is 14.8 Å². The molecule has 0 aliphatic carbocycles. The van der Waals surface area contributed by atoms with Crippen LogP contribution in [0.25, 0.3) is 0 Å². The van der Waals surface area contributed by atoms with E-state index in [9.17, 15) is 13.2 Å². The summed E-state index contributed by atoms with van der Waals surface area (Å²) in [4.78, 5) is 13.3. The van der Waals surface area contributed by atoms with Crippen molar-refractivity contribution < 1.29 is 13.2 Å². The summed E-state index contributed by atoms with van der Waals surface area (Å²) < 4.78 is 27.2. The predicted molar refractivity (Wildman–Crippen MR) is 93.8 cm³/mol. The third-order valence-electron chi connectivity index (χ3n) is 3.82. The number of nitrogens with one attached hydrogen (secondary N) is 1. The van der Waals surface area contributed by atoms with Crippen molar-refractivity contribution in [2.24, 2.45) is 5.92 Å². The molecule has 3 heterocycles. The highest BCUT2D eigenvalue weighted by atomic mass is 32.2. The quantitative estimate of drug-likeness (QED) is 0.870. The Morgan fingerprint density at radius 1 is 1.29 bits per heavy atom. The molecule has 0 radical (unpaired) electrons. The van der Waals surface area contributed by atoms with Gasteiger partial charge in [-0.1, -0.05) is 11.3 Å². The third kappa shape index (κ3) is 3.66. The highest BCUT2D eigenvalue weighted by Gasteiger charge is 2.34. The highest BCUT2D eigenvalue weighted by molar-refractivity contribution is 7.91. The molecule has 1 aliphatic heterocycles. The fourth-order valence-corrected chi connectivity index (χ4v) is 6.16. The fourth-order valence-electron chi connectivity index (χ4n) is 2.61. The molecule has 1 amide bonds. The van der Waals surface area contributed by atoms with Crippen LogP contribution in [0.2, 0.25) is 0 Å². The van der Waals surface area contributed by atoms with E-state index in [1.54, 1.807) is 12.1 Å². The first-order chi connectivity index (χ1) is 11.4. The molecule has 2 aromatic heterocycles. The molecule has 1 atom stereocenters. The standard InChI is InChI=1S/C14H18N4O3S3/c1-9-5-6-12(22-9)24(20,21)18-7-3-4-11(8-18)13(19)15-14-17-16-10(2)23-14/h5-6,11H,3-4,7-8H2,1-2H3,(H,15,17,19). The van der Waals surface area contributed by atoms with E-state index in [-0.39, 0.29) is 18.4 Å². The number of piperidine rings is 1. The Labute approximate surface area is 148 Å². The van der Waals surface area contributed by atoms with E-state index in [4.69, 9.17) is 0 Å². The molecule has 0 bridgehead atoms. The van der Waals surface area contributed by atoms with Crippen molar-refractivity contribution in [3.63, 3.8) is 0 Å². The molecular weight excluding hydrogens is 368 g/mol. The van der Waals surface area contributed by atoms with Crippen LogP contribution in [0.1, 0.15) is 22.7 Å². The molecule has 1 fully saturated rings. The Morgan fingerprint density at radius 2 is 2.08 bits per heavy atom. The van der Waals surface area contributed by atoms with Gasteiger partial charge in [0.1, 0.15) is 9.22 Å². The number of rotatable bonds is 4. The summed E-state index contributed by atoms with van der Waals surface area (Å²) in [6.07, 6.45) is 1.33. The van der Waals surface area contributed by atoms with Gasteiger partial charge in [-0.05, 0) is 38.8 Å². The Morgan fingerprint density at radius 3 is 2.71 bits per heavy atom. The van der Waals surface area contributed by atoms with E-state index in [2.05, 4.69) is 15.5 Å². The molecular formula is C14H18N4O3S3. The molecule has 0 spiro atoms. The van der Waals surface area contributed by atoms with E-state index in [0.29, 0.717) is 28.7 Å². The molecule has 1 saturated heterocycles. The van der Waals surface area contributed by atoms with E-state index >= 15 is 0 Å². The van der Waals surface area contributed by atoms with Crippen LogP contribution in [0.3, 0.4) is 0 Å². The number of aromatic nitrogens is 2. The van der Waals surface area contributed by atoms with Gasteiger partial charge in [-0.3, -0.25) is 4.79 Å². The van der Waals surface area contributed by atoms with Crippen molar-refractivity contribution in [1.29, 1.82) is 0 Å². The summed E-state index contributed by atoms with van der Waals surface area (Å²) in [6, 6.07) is 3.42. The van der Waals surface area contributed by atoms with Crippen LogP contribution in [0.5, 0.6) is 0 Å². The zero-order valence-corrected chi connectivity index (χ0v) is 15.8. The number of aryl methyl sites for hydroxylation is 2. The van der Waals surface area contributed by atoms with Gasteiger partial charge in [0.25, 0.3) is 10.0 Å². The summed E-state index contributed by atoms with van der Waals surface area (Å²) in [5.41, 5.74) is 0. The van der Waals surface area contributed by atoms with Crippen molar-refractivity contribution in [3.8, 4) is 0 Å². The lowest BCUT2D eigenvalue weighted by molar-refractivity contribution is -0.120. The van der Waals surface area contributed by atoms with E-state index in [1.807, 2.05) is 13.8 Å². The van der Waals surface area contributed by atoms with Crippen molar-refractivity contribution in [1.82, 2.24) is 14.5 Å². The Kier molecular flexibility index (Phi) is 5.00. The molecule has 3 rings (SSSR count). The van der Waals surface area contributed by atoms with Crippen LogP contribution in [0.4, 0.5) is 5.13 Å². The smallest absolute Gasteiger partial charge is 0.252 e. The second-order valence-electron chi connectivity index (χ2n) is 5.68. The second-order valence-corrected chi connectivity index (χ2v) is 10.3. The number of carbonyl (C=O) groups is 1. The van der Waals surface area contributed by atoms with E-state index in [1.165, 1.54) is 27.0 Å². The topological polar surface area (TPSA) is 92.3 Å². The summed E-state index contributed by atoms with van der Waals surface area (Å²) in [7, 11) is -3.53. The summed E-state index contributed by atoms with van der Waals surface area (Å²) in [6.45, 7) is 4.33. The van der Waals surface area contributed by atoms with Crippen LogP contribution in [0, 0.1) is 19.8 Å². The average molecular weight is 387 g/mol. The summed E-state index contributed by atoms with van der Waals surface area (Å²) in [5.74, 6) is -0.577. The SMILES string of the molecule is Cc1ccc(S(=O)(=O)N2CCCC(C(=O)Nc3nnc(C)s3)C2)s1. The van der Waals surface area contributed by atoms with Crippen LogP contribution >= 0.6 is 22.7 Å². The first-order valence-corrected chi connectivity index (χ1v) is 10.6. The van der Waals surface area contributed by atoms with Crippen molar-refractivity contribution in [2.45, 2.75) is 30.9 Å². The molecule has 1 unspecified atom stereocenters. The Bertz CT molecular complexity index is 843. The number of amides is 1. The lowest BCUT2D eigenvalue weighted by atomic mass is 9.99. The Hall–Kier alpha value is -1.36. The van der Waals surface area contributed by atoms with E-state index < -0.39 is 10.0 Å². The van der Waals surface area contributed by atoms with Gasteiger partial charge in [-0.25, -0.2) is 8.42 Å². The molecule has 10 heteroatoms. The van der Waals surface area contributed by atoms with Gasteiger partial charge in [0.05, 0.1) is 5.92 Å². The van der Waals surface area contributed by atoms with Crippen molar-refractivity contribution in [3.05, 3.63) is 22.0 Å². The van der Waals surface area contributed by atoms with Crippen LogP contribution < -0.4 is 5.32 Å². The number of hydrogen-bond acceptors (Lipinski definition) is 7. The Balaban J connectivity index is 1.71. The van der Waals surface area contributed by atoms with Gasteiger partial charge >= 0.3 is 0 Å². The predicted octanol–water partition coefficient (Wildman–Crippen LogP) is 2.26. The second kappa shape index (κ2) is 6.87. The molecule has 130 valence electrons. The number of thiophene rings is 1. The number of anilines is 1. The zero-order valence-electron chi connectivity index (χ0n) is 13.4. The van der Waals surface area contributed by atoms with Crippen LogP contribution in [0.15, 0.2) is 16.3 Å². The summed E-state index contributed by atoms with van der Waals surface area (Å²) >= 11 is 2.56. The van der Waals surface area contributed by atoms with Gasteiger partial charge in [-0.2, -0.15) is 4.31 Å². The minimum absolute atomic E-state index is 0.197. The highest BCUT2D eigenvalue weighted by Crippen LogP contribution is 2.28. The average Bonchev–Trinajstić information content (AvgIpc) is 3.16. The van der Waals surface area contributed by atoms with Crippen molar-refractivity contribution >= 4 is 43.7 Å². The zero-order chi connectivity index (χ0) is 17.3. The van der Waals surface area contributed by atoms with Gasteiger partial charge in [0.15, 0.2) is 0 Å². The lowest BCUT2D eigenvalue weighted by Crippen LogP contribution is -2.43. The largest absolute Gasteiger partial charge is 0.300 e. The number of sulfonamides is 1. The van der Waals surface area contributed by atoms with Gasteiger partial charge < -0.3 is 5.32 Å². The molecule has 0 saturated carbocycles. The molecule has 1 N–H and O–H groups in total. The first kappa shape index (κ1) is 17.5. The molecule has 2 aromatic rings. The maximum absolute atomic E-state index is 12.7. The molecule has 0 aromatic carbocycles. The molecule has 1 aliphatic rings. The number of carbonyl (C=O) groups excluding carboxylic acids is 1. The van der Waals surface area contributed by atoms with Gasteiger partial charge in [-0.15, -0.1) is 21.5 Å². The van der Waals surface area contributed by atoms with Gasteiger partial charge in [0.2, 0.25) is 11.0 Å². The third-order valence-corrected chi connectivity index (χ3v) is 7.91. The fraction of sp³-hybridized carbons (Fsp3) is 0.500. The maximum atomic E-state index is 12.7. The maximum Gasteiger partial charge on any atom is 0.252 e. The molecule has 7 nitrogen and oxygen atoms in total. The first-order valence-electron chi connectivity index (χ1n) is 7.54. The number of nitrogens with zero attached hydrogens (tertiary/aromatic N) is 3. The minimum Gasteiger partial charge on any atom is -0.300 e. The normalized spacial score (nSPS) is 19.3.